The van der Waals surface area contributed by atoms with Crippen molar-refractivity contribution in [3.63, 3.8) is 0 Å². The molecule has 0 bridgehead atoms. The molecule has 0 atom stereocenters. The highest BCUT2D eigenvalue weighted by Crippen LogP contribution is 2.35. The second-order valence-corrected chi connectivity index (χ2v) is 3.63. The van der Waals surface area contributed by atoms with Crippen LogP contribution in [0.1, 0.15) is 16.1 Å². The van der Waals surface area contributed by atoms with E-state index in [1.807, 2.05) is 0 Å². The lowest BCUT2D eigenvalue weighted by Crippen LogP contribution is -2.41. The minimum absolute atomic E-state index is 0.0836. The summed E-state index contributed by atoms with van der Waals surface area (Å²) in [5.74, 6) is -6.71. The number of rotatable bonds is 4. The number of aryl methyl sites for hydroxylation is 1. The predicted octanol–water partition coefficient (Wildman–Crippen LogP) is 2.66. The first-order chi connectivity index (χ1) is 8.54. The molecule has 0 aliphatic carbocycles. The Morgan fingerprint density at radius 3 is 2.37 bits per heavy atom. The molecule has 0 fully saturated rings. The van der Waals surface area contributed by atoms with Gasteiger partial charge < -0.3 is 9.84 Å². The zero-order valence-corrected chi connectivity index (χ0v) is 9.46. The third-order valence-corrected chi connectivity index (χ3v) is 2.09. The van der Waals surface area contributed by atoms with E-state index in [2.05, 4.69) is 9.72 Å². The highest BCUT2D eigenvalue weighted by atomic mass is 19.4. The molecule has 19 heavy (non-hydrogen) atoms. The van der Waals surface area contributed by atoms with E-state index in [-0.39, 0.29) is 17.0 Å². The van der Waals surface area contributed by atoms with Crippen molar-refractivity contribution in [3.05, 3.63) is 23.5 Å². The Morgan fingerprint density at radius 1 is 1.37 bits per heavy atom. The van der Waals surface area contributed by atoms with Crippen molar-refractivity contribution in [1.82, 2.24) is 4.98 Å². The second-order valence-electron chi connectivity index (χ2n) is 3.63. The Labute approximate surface area is 103 Å². The number of carboxylic acid groups (broad SMARTS) is 1. The summed E-state index contributed by atoms with van der Waals surface area (Å²) in [6.45, 7) is -0.588. The molecule has 1 heterocycles. The maximum Gasteiger partial charge on any atom is 0.456 e. The Balaban J connectivity index is 2.80. The molecule has 0 spiro atoms. The van der Waals surface area contributed by atoms with Gasteiger partial charge in [-0.2, -0.15) is 22.0 Å². The van der Waals surface area contributed by atoms with Crippen LogP contribution in [-0.2, 0) is 0 Å². The van der Waals surface area contributed by atoms with Gasteiger partial charge in [-0.3, -0.25) is 0 Å². The standard InChI is InChI=1S/C10H8F5NO3/c1-5-2-6(3-16-7(5)8(17)18)19-4-9(11,12)10(13,14)15/h2-3H,4H2,1H3,(H,17,18). The van der Waals surface area contributed by atoms with Gasteiger partial charge in [-0.25, -0.2) is 9.78 Å². The molecule has 0 unspecified atom stereocenters. The smallest absolute Gasteiger partial charge is 0.456 e. The Kier molecular flexibility index (Phi) is 3.97. The first-order valence-electron chi connectivity index (χ1n) is 4.82. The number of aromatic carboxylic acids is 1. The minimum atomic E-state index is -5.71. The number of nitrogens with zero attached hydrogens (tertiary/aromatic N) is 1. The van der Waals surface area contributed by atoms with Gasteiger partial charge >= 0.3 is 18.1 Å². The highest BCUT2D eigenvalue weighted by Gasteiger charge is 2.58. The van der Waals surface area contributed by atoms with Crippen molar-refractivity contribution >= 4 is 5.97 Å². The lowest BCUT2D eigenvalue weighted by atomic mass is 10.2. The summed E-state index contributed by atoms with van der Waals surface area (Å²) in [4.78, 5) is 14.0. The summed E-state index contributed by atoms with van der Waals surface area (Å²) in [5.41, 5.74) is -0.254. The fraction of sp³-hybridized carbons (Fsp3) is 0.400. The average molecular weight is 285 g/mol. The molecule has 0 aliphatic rings. The van der Waals surface area contributed by atoms with Gasteiger partial charge in [0.25, 0.3) is 0 Å². The van der Waals surface area contributed by atoms with E-state index in [1.165, 1.54) is 6.92 Å². The van der Waals surface area contributed by atoms with Crippen LogP contribution in [0.15, 0.2) is 12.3 Å². The van der Waals surface area contributed by atoms with Crippen LogP contribution in [0.25, 0.3) is 0 Å². The van der Waals surface area contributed by atoms with Gasteiger partial charge in [0.1, 0.15) is 5.75 Å². The van der Waals surface area contributed by atoms with Gasteiger partial charge in [0.15, 0.2) is 12.3 Å². The monoisotopic (exact) mass is 285 g/mol. The lowest BCUT2D eigenvalue weighted by molar-refractivity contribution is -0.290. The quantitative estimate of drug-likeness (QED) is 0.864. The van der Waals surface area contributed by atoms with Crippen molar-refractivity contribution in [2.24, 2.45) is 0 Å². The third kappa shape index (κ3) is 3.52. The molecule has 1 aromatic rings. The van der Waals surface area contributed by atoms with Gasteiger partial charge in [0.05, 0.1) is 6.20 Å². The molecular weight excluding hydrogens is 277 g/mol. The summed E-state index contributed by atoms with van der Waals surface area (Å²) < 4.78 is 65.0. The van der Waals surface area contributed by atoms with Crippen molar-refractivity contribution in [1.29, 1.82) is 0 Å². The maximum absolute atomic E-state index is 12.6. The van der Waals surface area contributed by atoms with Crippen molar-refractivity contribution < 1.29 is 36.6 Å². The molecular formula is C10H8F5NO3. The van der Waals surface area contributed by atoms with Crippen LogP contribution in [-0.4, -0.2) is 34.8 Å². The SMILES string of the molecule is Cc1cc(OCC(F)(F)C(F)(F)F)cnc1C(=O)O. The molecule has 0 saturated carbocycles. The lowest BCUT2D eigenvalue weighted by Gasteiger charge is -2.19. The Hall–Kier alpha value is -1.93. The van der Waals surface area contributed by atoms with Crippen molar-refractivity contribution in [2.45, 2.75) is 19.0 Å². The largest absolute Gasteiger partial charge is 0.485 e. The molecule has 0 aromatic carbocycles. The summed E-state index contributed by atoms with van der Waals surface area (Å²) in [5, 5.41) is 8.65. The number of pyridine rings is 1. The van der Waals surface area contributed by atoms with Gasteiger partial charge in [-0.1, -0.05) is 0 Å². The number of carbonyl (C=O) groups is 1. The zero-order chi connectivity index (χ0) is 14.8. The number of halogens is 5. The normalized spacial score (nSPS) is 12.3. The highest BCUT2D eigenvalue weighted by molar-refractivity contribution is 5.87. The number of aromatic nitrogens is 1. The summed E-state index contributed by atoms with van der Waals surface area (Å²) in [7, 11) is 0. The van der Waals surface area contributed by atoms with Crippen LogP contribution in [0, 0.1) is 6.92 Å². The summed E-state index contributed by atoms with van der Waals surface area (Å²) in [6, 6.07) is 1.02. The number of carboxylic acids is 1. The van der Waals surface area contributed by atoms with Crippen molar-refractivity contribution in [2.75, 3.05) is 6.61 Å². The molecule has 1 aromatic heterocycles. The van der Waals surface area contributed by atoms with Crippen LogP contribution in [0.4, 0.5) is 22.0 Å². The van der Waals surface area contributed by atoms with E-state index in [0.29, 0.717) is 0 Å². The zero-order valence-electron chi connectivity index (χ0n) is 9.46. The summed E-state index contributed by atoms with van der Waals surface area (Å²) in [6.07, 6.45) is -4.95. The van der Waals surface area contributed by atoms with Gasteiger partial charge in [0, 0.05) is 0 Å². The minimum Gasteiger partial charge on any atom is -0.485 e. The van der Waals surface area contributed by atoms with E-state index in [0.717, 1.165) is 12.3 Å². The molecule has 0 radical (unpaired) electrons. The van der Waals surface area contributed by atoms with Crippen LogP contribution in [0.5, 0.6) is 5.75 Å². The van der Waals surface area contributed by atoms with E-state index >= 15 is 0 Å². The Morgan fingerprint density at radius 2 is 1.95 bits per heavy atom. The van der Waals surface area contributed by atoms with Gasteiger partial charge in [0.2, 0.25) is 0 Å². The fourth-order valence-electron chi connectivity index (χ4n) is 1.11. The number of ether oxygens (including phenoxy) is 1. The van der Waals surface area contributed by atoms with Gasteiger partial charge in [-0.05, 0) is 18.6 Å². The molecule has 9 heteroatoms. The first-order valence-corrected chi connectivity index (χ1v) is 4.82. The van der Waals surface area contributed by atoms with E-state index in [1.54, 1.807) is 0 Å². The van der Waals surface area contributed by atoms with E-state index in [9.17, 15) is 26.7 Å². The third-order valence-electron chi connectivity index (χ3n) is 2.09. The number of hydrogen-bond donors (Lipinski definition) is 1. The molecule has 0 saturated heterocycles. The van der Waals surface area contributed by atoms with Crippen molar-refractivity contribution in [3.8, 4) is 5.75 Å². The molecule has 4 nitrogen and oxygen atoms in total. The second kappa shape index (κ2) is 4.98. The van der Waals surface area contributed by atoms with E-state index in [4.69, 9.17) is 5.11 Å². The number of hydrogen-bond acceptors (Lipinski definition) is 3. The molecule has 1 N–H and O–H groups in total. The van der Waals surface area contributed by atoms with E-state index < -0.39 is 24.7 Å². The first kappa shape index (κ1) is 15.1. The van der Waals surface area contributed by atoms with Crippen LogP contribution < -0.4 is 4.74 Å². The fourth-order valence-corrected chi connectivity index (χ4v) is 1.11. The molecule has 0 aliphatic heterocycles. The summed E-state index contributed by atoms with van der Waals surface area (Å²) >= 11 is 0. The molecule has 106 valence electrons. The average Bonchev–Trinajstić information content (AvgIpc) is 2.24. The topological polar surface area (TPSA) is 59.4 Å². The van der Waals surface area contributed by atoms with Gasteiger partial charge in [-0.15, -0.1) is 0 Å². The number of alkyl halides is 5. The van der Waals surface area contributed by atoms with Crippen LogP contribution in [0.3, 0.4) is 0 Å². The maximum atomic E-state index is 12.6. The molecule has 1 rings (SSSR count). The van der Waals surface area contributed by atoms with Crippen LogP contribution >= 0.6 is 0 Å². The predicted molar refractivity (Wildman–Crippen MR) is 52.4 cm³/mol. The Bertz CT molecular complexity index is 487. The van der Waals surface area contributed by atoms with Crippen LogP contribution in [0.2, 0.25) is 0 Å². The molecule has 0 amide bonds.